The summed E-state index contributed by atoms with van der Waals surface area (Å²) in [6.45, 7) is 1.04. The maximum absolute atomic E-state index is 12.7. The smallest absolute Gasteiger partial charge is 0.178 e. The van der Waals surface area contributed by atoms with Crippen molar-refractivity contribution in [2.75, 3.05) is 12.3 Å². The van der Waals surface area contributed by atoms with Crippen molar-refractivity contribution in [2.24, 2.45) is 0 Å². The third kappa shape index (κ3) is 3.53. The molecule has 100 valence electrons. The van der Waals surface area contributed by atoms with E-state index in [-0.39, 0.29) is 10.6 Å². The van der Waals surface area contributed by atoms with Gasteiger partial charge in [0.15, 0.2) is 9.84 Å². The Kier molecular flexibility index (Phi) is 4.35. The van der Waals surface area contributed by atoms with Gasteiger partial charge in [-0.1, -0.05) is 0 Å². The molecule has 1 atom stereocenters. The minimum atomic E-state index is -3.26. The number of hydrogen-bond donors (Lipinski definition) is 1. The summed E-state index contributed by atoms with van der Waals surface area (Å²) in [4.78, 5) is 0.211. The quantitative estimate of drug-likeness (QED) is 0.835. The number of nitrogens with one attached hydrogen (secondary N) is 1. The molecule has 1 N–H and O–H groups in total. The number of sulfone groups is 1. The van der Waals surface area contributed by atoms with Crippen LogP contribution in [-0.4, -0.2) is 26.8 Å². The van der Waals surface area contributed by atoms with Gasteiger partial charge in [0, 0.05) is 6.04 Å². The van der Waals surface area contributed by atoms with Crippen molar-refractivity contribution in [1.82, 2.24) is 5.32 Å². The fourth-order valence-corrected chi connectivity index (χ4v) is 3.62. The van der Waals surface area contributed by atoms with Crippen LogP contribution in [0.25, 0.3) is 0 Å². The first-order chi connectivity index (χ1) is 8.58. The van der Waals surface area contributed by atoms with Crippen molar-refractivity contribution in [3.63, 3.8) is 0 Å². The second-order valence-electron chi connectivity index (χ2n) is 4.71. The second kappa shape index (κ2) is 5.80. The van der Waals surface area contributed by atoms with Crippen LogP contribution in [0, 0.1) is 5.82 Å². The number of hydrogen-bond acceptors (Lipinski definition) is 3. The van der Waals surface area contributed by atoms with Gasteiger partial charge in [-0.15, -0.1) is 0 Å². The molecule has 0 aromatic heterocycles. The highest BCUT2D eigenvalue weighted by Crippen LogP contribution is 2.16. The van der Waals surface area contributed by atoms with Gasteiger partial charge in [0.2, 0.25) is 0 Å². The zero-order valence-corrected chi connectivity index (χ0v) is 11.0. The Morgan fingerprint density at radius 1 is 1.28 bits per heavy atom. The van der Waals surface area contributed by atoms with Crippen LogP contribution in [-0.2, 0) is 9.84 Å². The van der Waals surface area contributed by atoms with Crippen molar-refractivity contribution in [2.45, 2.75) is 36.6 Å². The van der Waals surface area contributed by atoms with Crippen LogP contribution < -0.4 is 5.32 Å². The predicted molar refractivity (Wildman–Crippen MR) is 68.7 cm³/mol. The maximum Gasteiger partial charge on any atom is 0.178 e. The lowest BCUT2D eigenvalue weighted by Crippen LogP contribution is -2.22. The summed E-state index contributed by atoms with van der Waals surface area (Å²) in [5, 5.41) is 3.35. The van der Waals surface area contributed by atoms with Crippen molar-refractivity contribution < 1.29 is 12.8 Å². The first-order valence-corrected chi connectivity index (χ1v) is 7.95. The molecule has 1 aromatic carbocycles. The van der Waals surface area contributed by atoms with Crippen LogP contribution in [0.15, 0.2) is 29.2 Å². The molecule has 1 heterocycles. The summed E-state index contributed by atoms with van der Waals surface area (Å²) < 4.78 is 36.7. The highest BCUT2D eigenvalue weighted by Gasteiger charge is 2.17. The zero-order chi connectivity index (χ0) is 13.0. The predicted octanol–water partition coefficient (Wildman–Crippen LogP) is 2.13. The summed E-state index contributed by atoms with van der Waals surface area (Å²) in [6.07, 6.45) is 3.85. The Morgan fingerprint density at radius 2 is 2.00 bits per heavy atom. The van der Waals surface area contributed by atoms with E-state index >= 15 is 0 Å². The molecule has 0 radical (unpaired) electrons. The molecule has 0 aliphatic carbocycles. The Morgan fingerprint density at radius 3 is 2.61 bits per heavy atom. The topological polar surface area (TPSA) is 46.2 Å². The Balaban J connectivity index is 1.88. The molecule has 1 unspecified atom stereocenters. The molecule has 18 heavy (non-hydrogen) atoms. The van der Waals surface area contributed by atoms with E-state index in [2.05, 4.69) is 5.32 Å². The molecule has 0 saturated carbocycles. The van der Waals surface area contributed by atoms with Crippen LogP contribution in [0.3, 0.4) is 0 Å². The highest BCUT2D eigenvalue weighted by atomic mass is 32.2. The van der Waals surface area contributed by atoms with E-state index in [1.807, 2.05) is 0 Å². The van der Waals surface area contributed by atoms with Crippen molar-refractivity contribution in [1.29, 1.82) is 0 Å². The Labute approximate surface area is 107 Å². The van der Waals surface area contributed by atoms with Crippen LogP contribution >= 0.6 is 0 Å². The monoisotopic (exact) mass is 271 g/mol. The summed E-state index contributed by atoms with van der Waals surface area (Å²) in [5.41, 5.74) is 0. The number of benzene rings is 1. The van der Waals surface area contributed by atoms with Gasteiger partial charge in [-0.2, -0.15) is 0 Å². The lowest BCUT2D eigenvalue weighted by molar-refractivity contribution is 0.543. The standard InChI is InChI=1S/C13H18FNO2S/c14-11-5-7-13(8-6-11)18(16,17)10-2-4-12-3-1-9-15-12/h5-8,12,15H,1-4,9-10H2. The second-order valence-corrected chi connectivity index (χ2v) is 6.82. The first-order valence-electron chi connectivity index (χ1n) is 6.30. The lowest BCUT2D eigenvalue weighted by Gasteiger charge is -2.09. The van der Waals surface area contributed by atoms with E-state index in [1.165, 1.54) is 30.7 Å². The Bertz CT molecular complexity index is 478. The van der Waals surface area contributed by atoms with Crippen molar-refractivity contribution in [3.05, 3.63) is 30.1 Å². The summed E-state index contributed by atoms with van der Waals surface area (Å²) in [5.74, 6) is -0.277. The summed E-state index contributed by atoms with van der Waals surface area (Å²) >= 11 is 0. The third-order valence-corrected chi connectivity index (χ3v) is 5.12. The molecule has 0 bridgehead atoms. The minimum Gasteiger partial charge on any atom is -0.314 e. The van der Waals surface area contributed by atoms with E-state index in [0.717, 1.165) is 19.4 Å². The molecule has 3 nitrogen and oxygen atoms in total. The average molecular weight is 271 g/mol. The van der Waals surface area contributed by atoms with E-state index < -0.39 is 15.7 Å². The third-order valence-electron chi connectivity index (χ3n) is 3.30. The van der Waals surface area contributed by atoms with Gasteiger partial charge in [-0.25, -0.2) is 12.8 Å². The molecule has 2 rings (SSSR count). The molecule has 1 saturated heterocycles. The van der Waals surface area contributed by atoms with Crippen molar-refractivity contribution in [3.8, 4) is 0 Å². The maximum atomic E-state index is 12.7. The summed E-state index contributed by atoms with van der Waals surface area (Å²) in [6, 6.07) is 5.50. The summed E-state index contributed by atoms with van der Waals surface area (Å²) in [7, 11) is -3.26. The minimum absolute atomic E-state index is 0.136. The van der Waals surface area contributed by atoms with Crippen LogP contribution in [0.1, 0.15) is 25.7 Å². The molecule has 1 fully saturated rings. The fourth-order valence-electron chi connectivity index (χ4n) is 2.28. The van der Waals surface area contributed by atoms with Gasteiger partial charge in [0.25, 0.3) is 0 Å². The first kappa shape index (κ1) is 13.5. The molecule has 0 amide bonds. The molecular formula is C13H18FNO2S. The highest BCUT2D eigenvalue weighted by molar-refractivity contribution is 7.91. The van der Waals surface area contributed by atoms with Crippen molar-refractivity contribution >= 4 is 9.84 Å². The molecule has 5 heteroatoms. The molecule has 1 aliphatic heterocycles. The van der Waals surface area contributed by atoms with Gasteiger partial charge >= 0.3 is 0 Å². The number of halogens is 1. The van der Waals surface area contributed by atoms with E-state index in [4.69, 9.17) is 0 Å². The Hall–Kier alpha value is -0.940. The normalized spacial score (nSPS) is 20.2. The van der Waals surface area contributed by atoms with Gasteiger partial charge in [0.05, 0.1) is 10.6 Å². The average Bonchev–Trinajstić information content (AvgIpc) is 2.82. The SMILES string of the molecule is O=S(=O)(CCCC1CCCN1)c1ccc(F)cc1. The van der Waals surface area contributed by atoms with Crippen LogP contribution in [0.4, 0.5) is 4.39 Å². The molecule has 0 spiro atoms. The lowest BCUT2D eigenvalue weighted by atomic mass is 10.1. The van der Waals surface area contributed by atoms with E-state index in [1.54, 1.807) is 0 Å². The van der Waals surface area contributed by atoms with Crippen LogP contribution in [0.5, 0.6) is 0 Å². The van der Waals surface area contributed by atoms with Gasteiger partial charge in [-0.3, -0.25) is 0 Å². The molecular weight excluding hydrogens is 253 g/mol. The van der Waals surface area contributed by atoms with Gasteiger partial charge < -0.3 is 5.32 Å². The zero-order valence-electron chi connectivity index (χ0n) is 10.2. The van der Waals surface area contributed by atoms with E-state index in [9.17, 15) is 12.8 Å². The number of rotatable bonds is 5. The van der Waals surface area contributed by atoms with E-state index in [0.29, 0.717) is 12.5 Å². The molecule has 1 aromatic rings. The largest absolute Gasteiger partial charge is 0.314 e. The molecule has 1 aliphatic rings. The van der Waals surface area contributed by atoms with Gasteiger partial charge in [-0.05, 0) is 56.5 Å². The fraction of sp³-hybridized carbons (Fsp3) is 0.538. The van der Waals surface area contributed by atoms with Gasteiger partial charge in [0.1, 0.15) is 5.82 Å². The van der Waals surface area contributed by atoms with Crippen LogP contribution in [0.2, 0.25) is 0 Å².